The molecule has 2 aliphatic heterocycles. The number of carbonyl (C=O) groups excluding carboxylic acids is 3. The Bertz CT molecular complexity index is 651. The first-order chi connectivity index (χ1) is 12.6. The summed E-state index contributed by atoms with van der Waals surface area (Å²) in [5, 5.41) is 5.24. The maximum Gasteiger partial charge on any atom is 0.329 e. The molecule has 2 fully saturated rings. The number of hydrogen-bond acceptors (Lipinski definition) is 5. The van der Waals surface area contributed by atoms with Gasteiger partial charge in [-0.2, -0.15) is 0 Å². The fourth-order valence-electron chi connectivity index (χ4n) is 3.31. The maximum absolute atomic E-state index is 11.9. The Kier molecular flexibility index (Phi) is 6.09. The highest BCUT2D eigenvalue weighted by molar-refractivity contribution is 5.94. The van der Waals surface area contributed by atoms with Crippen molar-refractivity contribution in [3.8, 4) is 0 Å². The lowest BCUT2D eigenvalue weighted by atomic mass is 10.2. The summed E-state index contributed by atoms with van der Waals surface area (Å²) in [7, 11) is 0. The number of ether oxygens (including phenoxy) is 1. The van der Waals surface area contributed by atoms with Gasteiger partial charge in [-0.05, 0) is 43.5 Å². The van der Waals surface area contributed by atoms with E-state index < -0.39 is 17.9 Å². The highest BCUT2D eigenvalue weighted by Gasteiger charge is 2.28. The molecule has 0 aromatic heterocycles. The number of benzene rings is 1. The zero-order valence-electron chi connectivity index (χ0n) is 14.8. The summed E-state index contributed by atoms with van der Waals surface area (Å²) in [5.41, 5.74) is 1.83. The predicted molar refractivity (Wildman–Crippen MR) is 97.9 cm³/mol. The van der Waals surface area contributed by atoms with E-state index in [9.17, 15) is 14.4 Å². The van der Waals surface area contributed by atoms with Crippen molar-refractivity contribution >= 4 is 29.2 Å². The first-order valence-corrected chi connectivity index (χ1v) is 9.23. The summed E-state index contributed by atoms with van der Waals surface area (Å²) in [6, 6.07) is 7.08. The molecule has 2 saturated heterocycles. The SMILES string of the molecule is O=C(COC(=O)[C@@H]1CCC(=O)N1)Nc1ccc(N2CCCCCC2)cc1. The molecule has 1 aromatic carbocycles. The van der Waals surface area contributed by atoms with Crippen LogP contribution in [-0.4, -0.2) is 43.5 Å². The van der Waals surface area contributed by atoms with Crippen LogP contribution in [0.3, 0.4) is 0 Å². The van der Waals surface area contributed by atoms with Gasteiger partial charge in [0.05, 0.1) is 0 Å². The smallest absolute Gasteiger partial charge is 0.329 e. The second-order valence-corrected chi connectivity index (χ2v) is 6.76. The molecule has 26 heavy (non-hydrogen) atoms. The normalized spacial score (nSPS) is 20.2. The molecule has 0 unspecified atom stereocenters. The molecule has 1 atom stereocenters. The molecular formula is C19H25N3O4. The second-order valence-electron chi connectivity index (χ2n) is 6.76. The molecule has 2 aliphatic rings. The Morgan fingerprint density at radius 3 is 2.42 bits per heavy atom. The Labute approximate surface area is 153 Å². The van der Waals surface area contributed by atoms with Gasteiger partial charge in [-0.25, -0.2) is 4.79 Å². The van der Waals surface area contributed by atoms with Gasteiger partial charge in [0, 0.05) is 30.9 Å². The minimum absolute atomic E-state index is 0.166. The molecule has 0 spiro atoms. The van der Waals surface area contributed by atoms with E-state index in [1.165, 1.54) is 25.7 Å². The van der Waals surface area contributed by atoms with E-state index in [0.29, 0.717) is 18.5 Å². The van der Waals surface area contributed by atoms with Crippen LogP contribution in [0.5, 0.6) is 0 Å². The Morgan fingerprint density at radius 2 is 1.81 bits per heavy atom. The number of esters is 1. The summed E-state index contributed by atoms with van der Waals surface area (Å²) in [4.78, 5) is 37.2. The van der Waals surface area contributed by atoms with E-state index in [2.05, 4.69) is 15.5 Å². The van der Waals surface area contributed by atoms with Gasteiger partial charge in [-0.15, -0.1) is 0 Å². The van der Waals surface area contributed by atoms with E-state index in [-0.39, 0.29) is 12.5 Å². The molecule has 3 rings (SSSR count). The number of nitrogens with one attached hydrogen (secondary N) is 2. The fraction of sp³-hybridized carbons (Fsp3) is 0.526. The molecule has 0 radical (unpaired) electrons. The lowest BCUT2D eigenvalue weighted by Crippen LogP contribution is -2.36. The molecular weight excluding hydrogens is 334 g/mol. The van der Waals surface area contributed by atoms with E-state index >= 15 is 0 Å². The molecule has 7 heteroatoms. The molecule has 2 heterocycles. The van der Waals surface area contributed by atoms with Gasteiger partial charge in [0.2, 0.25) is 5.91 Å². The van der Waals surface area contributed by atoms with Crippen molar-refractivity contribution in [2.24, 2.45) is 0 Å². The van der Waals surface area contributed by atoms with Crippen molar-refractivity contribution in [3.05, 3.63) is 24.3 Å². The molecule has 0 saturated carbocycles. The lowest BCUT2D eigenvalue weighted by Gasteiger charge is -2.22. The van der Waals surface area contributed by atoms with Crippen molar-refractivity contribution in [1.29, 1.82) is 0 Å². The third-order valence-electron chi connectivity index (χ3n) is 4.75. The van der Waals surface area contributed by atoms with E-state index in [0.717, 1.165) is 18.8 Å². The van der Waals surface area contributed by atoms with Crippen LogP contribution in [0.4, 0.5) is 11.4 Å². The van der Waals surface area contributed by atoms with Gasteiger partial charge in [0.15, 0.2) is 6.61 Å². The second kappa shape index (κ2) is 8.69. The predicted octanol–water partition coefficient (Wildman–Crippen LogP) is 1.83. The number of anilines is 2. The monoisotopic (exact) mass is 359 g/mol. The van der Waals surface area contributed by atoms with Gasteiger partial charge in [0.25, 0.3) is 5.91 Å². The highest BCUT2D eigenvalue weighted by atomic mass is 16.5. The Hall–Kier alpha value is -2.57. The molecule has 0 bridgehead atoms. The van der Waals surface area contributed by atoms with E-state index in [1.807, 2.05) is 24.3 Å². The van der Waals surface area contributed by atoms with Crippen molar-refractivity contribution in [2.45, 2.75) is 44.6 Å². The van der Waals surface area contributed by atoms with Gasteiger partial charge in [-0.1, -0.05) is 12.8 Å². The molecule has 2 amide bonds. The third-order valence-corrected chi connectivity index (χ3v) is 4.75. The quantitative estimate of drug-likeness (QED) is 0.783. The third kappa shape index (κ3) is 4.97. The van der Waals surface area contributed by atoms with Crippen LogP contribution in [0.25, 0.3) is 0 Å². The molecule has 140 valence electrons. The van der Waals surface area contributed by atoms with Crippen molar-refractivity contribution in [1.82, 2.24) is 5.32 Å². The average Bonchev–Trinajstić information content (AvgIpc) is 2.91. The average molecular weight is 359 g/mol. The number of nitrogens with zero attached hydrogens (tertiary/aromatic N) is 1. The highest BCUT2D eigenvalue weighted by Crippen LogP contribution is 2.21. The number of hydrogen-bond donors (Lipinski definition) is 2. The van der Waals surface area contributed by atoms with Crippen LogP contribution in [0.2, 0.25) is 0 Å². The summed E-state index contributed by atoms with van der Waals surface area (Å²) in [6.45, 7) is 1.78. The minimum atomic E-state index is -0.636. The van der Waals surface area contributed by atoms with Gasteiger partial charge in [-0.3, -0.25) is 9.59 Å². The summed E-state index contributed by atoms with van der Waals surface area (Å²) in [6.07, 6.45) is 5.73. The summed E-state index contributed by atoms with van der Waals surface area (Å²) in [5.74, 6) is -1.13. The first-order valence-electron chi connectivity index (χ1n) is 9.23. The van der Waals surface area contributed by atoms with Crippen LogP contribution in [0.15, 0.2) is 24.3 Å². The largest absolute Gasteiger partial charge is 0.454 e. The Morgan fingerprint density at radius 1 is 1.12 bits per heavy atom. The number of carbonyl (C=O) groups is 3. The molecule has 7 nitrogen and oxygen atoms in total. The zero-order valence-corrected chi connectivity index (χ0v) is 14.8. The minimum Gasteiger partial charge on any atom is -0.454 e. The molecule has 2 N–H and O–H groups in total. The van der Waals surface area contributed by atoms with Crippen molar-refractivity contribution in [2.75, 3.05) is 29.9 Å². The summed E-state index contributed by atoms with van der Waals surface area (Å²) >= 11 is 0. The lowest BCUT2D eigenvalue weighted by molar-refractivity contribution is -0.149. The Balaban J connectivity index is 1.45. The zero-order chi connectivity index (χ0) is 18.4. The van der Waals surface area contributed by atoms with Gasteiger partial charge >= 0.3 is 5.97 Å². The standard InChI is InChI=1S/C19H25N3O4/c23-17-10-9-16(21-17)19(25)26-13-18(24)20-14-5-7-15(8-6-14)22-11-3-1-2-4-12-22/h5-8,16H,1-4,9-13H2,(H,20,24)(H,21,23)/t16-/m0/s1. The van der Waals surface area contributed by atoms with Gasteiger partial charge in [0.1, 0.15) is 6.04 Å². The van der Waals surface area contributed by atoms with Crippen LogP contribution in [0.1, 0.15) is 38.5 Å². The van der Waals surface area contributed by atoms with E-state index in [4.69, 9.17) is 4.74 Å². The van der Waals surface area contributed by atoms with Crippen LogP contribution >= 0.6 is 0 Å². The van der Waals surface area contributed by atoms with Crippen molar-refractivity contribution < 1.29 is 19.1 Å². The molecule has 0 aliphatic carbocycles. The topological polar surface area (TPSA) is 87.7 Å². The van der Waals surface area contributed by atoms with Crippen LogP contribution in [-0.2, 0) is 19.1 Å². The van der Waals surface area contributed by atoms with Crippen molar-refractivity contribution in [3.63, 3.8) is 0 Å². The van der Waals surface area contributed by atoms with Gasteiger partial charge < -0.3 is 20.3 Å². The number of amides is 2. The maximum atomic E-state index is 11.9. The molecule has 1 aromatic rings. The van der Waals surface area contributed by atoms with Crippen LogP contribution in [0, 0.1) is 0 Å². The van der Waals surface area contributed by atoms with E-state index in [1.54, 1.807) is 0 Å². The summed E-state index contributed by atoms with van der Waals surface area (Å²) < 4.78 is 4.97. The fourth-order valence-corrected chi connectivity index (χ4v) is 3.31. The number of rotatable bonds is 5. The first kappa shape index (κ1) is 18.2. The van der Waals surface area contributed by atoms with Crippen LogP contribution < -0.4 is 15.5 Å².